The van der Waals surface area contributed by atoms with Crippen LogP contribution in [0.4, 0.5) is 10.5 Å². The van der Waals surface area contributed by atoms with E-state index in [0.29, 0.717) is 6.54 Å². The van der Waals surface area contributed by atoms with E-state index in [9.17, 15) is 4.79 Å². The van der Waals surface area contributed by atoms with Gasteiger partial charge < -0.3 is 5.32 Å². The Bertz CT molecular complexity index is 671. The van der Waals surface area contributed by atoms with Crippen LogP contribution < -0.4 is 10.2 Å². The highest BCUT2D eigenvalue weighted by atomic mass is 79.9. The maximum atomic E-state index is 12.5. The van der Waals surface area contributed by atoms with Crippen molar-refractivity contribution in [1.29, 1.82) is 0 Å². The fraction of sp³-hybridized carbons (Fsp3) is 0.235. The molecule has 1 unspecified atom stereocenters. The molecule has 2 aromatic rings. The molecule has 0 saturated heterocycles. The lowest BCUT2D eigenvalue weighted by Gasteiger charge is -2.23. The van der Waals surface area contributed by atoms with Gasteiger partial charge in [0.15, 0.2) is 0 Å². The number of fused-ring (bicyclic) bond motifs is 1. The fourth-order valence-electron chi connectivity index (χ4n) is 2.78. The van der Waals surface area contributed by atoms with Crippen molar-refractivity contribution < 1.29 is 4.79 Å². The Labute approximate surface area is 133 Å². The predicted octanol–water partition coefficient (Wildman–Crippen LogP) is 4.11. The minimum absolute atomic E-state index is 0.0348. The van der Waals surface area contributed by atoms with E-state index in [1.807, 2.05) is 47.4 Å². The van der Waals surface area contributed by atoms with E-state index in [2.05, 4.69) is 34.2 Å². The van der Waals surface area contributed by atoms with Crippen LogP contribution in [0.25, 0.3) is 0 Å². The maximum absolute atomic E-state index is 12.5. The number of nitrogens with one attached hydrogen (secondary N) is 1. The summed E-state index contributed by atoms with van der Waals surface area (Å²) >= 11 is 3.44. The smallest absolute Gasteiger partial charge is 0.322 e. The van der Waals surface area contributed by atoms with Gasteiger partial charge in [0.05, 0.1) is 0 Å². The van der Waals surface area contributed by atoms with Crippen molar-refractivity contribution in [2.75, 3.05) is 4.90 Å². The second-order valence-corrected chi connectivity index (χ2v) is 6.26. The molecule has 0 spiro atoms. The number of benzene rings is 2. The lowest BCUT2D eigenvalue weighted by atomic mass is 10.1. The zero-order valence-electron chi connectivity index (χ0n) is 11.8. The summed E-state index contributed by atoms with van der Waals surface area (Å²) in [6.07, 6.45) is 0.917. The van der Waals surface area contributed by atoms with Crippen LogP contribution in [0.2, 0.25) is 0 Å². The minimum atomic E-state index is -0.0348. The number of hydrogen-bond acceptors (Lipinski definition) is 1. The molecule has 21 heavy (non-hydrogen) atoms. The number of rotatable bonds is 2. The molecule has 108 valence electrons. The number of urea groups is 1. The first-order chi connectivity index (χ1) is 10.1. The monoisotopic (exact) mass is 344 g/mol. The molecule has 0 bridgehead atoms. The summed E-state index contributed by atoms with van der Waals surface area (Å²) in [5.74, 6) is 0. The first kappa shape index (κ1) is 14.1. The highest BCUT2D eigenvalue weighted by Crippen LogP contribution is 2.31. The van der Waals surface area contributed by atoms with E-state index in [4.69, 9.17) is 0 Å². The van der Waals surface area contributed by atoms with Crippen molar-refractivity contribution in [2.24, 2.45) is 0 Å². The normalized spacial score (nSPS) is 16.7. The molecule has 0 aromatic heterocycles. The third-order valence-electron chi connectivity index (χ3n) is 3.76. The van der Waals surface area contributed by atoms with Crippen LogP contribution in [0.3, 0.4) is 0 Å². The lowest BCUT2D eigenvalue weighted by molar-refractivity contribution is 0.244. The van der Waals surface area contributed by atoms with E-state index in [-0.39, 0.29) is 12.1 Å². The predicted molar refractivity (Wildman–Crippen MR) is 88.5 cm³/mol. The summed E-state index contributed by atoms with van der Waals surface area (Å²) in [6.45, 7) is 2.61. The number of halogens is 1. The second-order valence-electron chi connectivity index (χ2n) is 5.34. The fourth-order valence-corrected chi connectivity index (χ4v) is 3.23. The Morgan fingerprint density at radius 1 is 1.29 bits per heavy atom. The van der Waals surface area contributed by atoms with Crippen molar-refractivity contribution in [3.05, 3.63) is 64.1 Å². The standard InChI is InChI=1S/C17H17BrN2O/c1-12-9-14-6-2-3-8-16(14)20(12)17(21)19-11-13-5-4-7-15(18)10-13/h2-8,10,12H,9,11H2,1H3,(H,19,21). The Kier molecular flexibility index (Phi) is 3.97. The van der Waals surface area contributed by atoms with Gasteiger partial charge in [-0.2, -0.15) is 0 Å². The van der Waals surface area contributed by atoms with Crippen LogP contribution in [0.15, 0.2) is 53.0 Å². The Balaban J connectivity index is 1.71. The van der Waals surface area contributed by atoms with E-state index in [0.717, 1.165) is 22.1 Å². The summed E-state index contributed by atoms with van der Waals surface area (Å²) in [5, 5.41) is 3.01. The molecule has 2 aromatic carbocycles. The molecule has 2 amide bonds. The van der Waals surface area contributed by atoms with Gasteiger partial charge in [0.2, 0.25) is 0 Å². The average Bonchev–Trinajstić information content (AvgIpc) is 2.81. The topological polar surface area (TPSA) is 32.3 Å². The second kappa shape index (κ2) is 5.90. The van der Waals surface area contributed by atoms with Gasteiger partial charge in [-0.25, -0.2) is 4.79 Å². The summed E-state index contributed by atoms with van der Waals surface area (Å²) in [6, 6.07) is 16.2. The van der Waals surface area contributed by atoms with Crippen molar-refractivity contribution in [3.8, 4) is 0 Å². The number of nitrogens with zero attached hydrogens (tertiary/aromatic N) is 1. The molecule has 0 aliphatic carbocycles. The molecule has 4 heteroatoms. The largest absolute Gasteiger partial charge is 0.334 e. The van der Waals surface area contributed by atoms with Crippen LogP contribution in [0.5, 0.6) is 0 Å². The first-order valence-electron chi connectivity index (χ1n) is 7.04. The molecule has 1 aliphatic rings. The quantitative estimate of drug-likeness (QED) is 0.873. The molecule has 3 rings (SSSR count). The maximum Gasteiger partial charge on any atom is 0.322 e. The molecule has 1 aliphatic heterocycles. The molecule has 3 nitrogen and oxygen atoms in total. The van der Waals surface area contributed by atoms with Gasteiger partial charge in [0, 0.05) is 22.7 Å². The van der Waals surface area contributed by atoms with Gasteiger partial charge in [0.1, 0.15) is 0 Å². The van der Waals surface area contributed by atoms with Gasteiger partial charge in [-0.15, -0.1) is 0 Å². The number of carbonyl (C=O) groups excluding carboxylic acids is 1. The number of amides is 2. The molecular weight excluding hydrogens is 328 g/mol. The van der Waals surface area contributed by atoms with Crippen LogP contribution >= 0.6 is 15.9 Å². The Morgan fingerprint density at radius 2 is 2.10 bits per heavy atom. The zero-order valence-corrected chi connectivity index (χ0v) is 13.4. The van der Waals surface area contributed by atoms with Gasteiger partial charge in [-0.05, 0) is 42.7 Å². The Hall–Kier alpha value is -1.81. The minimum Gasteiger partial charge on any atom is -0.334 e. The van der Waals surface area contributed by atoms with E-state index in [1.54, 1.807) is 0 Å². The molecule has 0 radical (unpaired) electrons. The lowest BCUT2D eigenvalue weighted by Crippen LogP contribution is -2.42. The van der Waals surface area contributed by atoms with E-state index < -0.39 is 0 Å². The van der Waals surface area contributed by atoms with Crippen LogP contribution in [-0.4, -0.2) is 12.1 Å². The van der Waals surface area contributed by atoms with Gasteiger partial charge in [0.25, 0.3) is 0 Å². The highest BCUT2D eigenvalue weighted by molar-refractivity contribution is 9.10. The third-order valence-corrected chi connectivity index (χ3v) is 4.25. The molecule has 1 N–H and O–H groups in total. The van der Waals surface area contributed by atoms with Crippen molar-refractivity contribution in [3.63, 3.8) is 0 Å². The summed E-state index contributed by atoms with van der Waals surface area (Å²) in [7, 11) is 0. The van der Waals surface area contributed by atoms with Gasteiger partial charge >= 0.3 is 6.03 Å². The van der Waals surface area contributed by atoms with Crippen molar-refractivity contribution in [1.82, 2.24) is 5.32 Å². The zero-order chi connectivity index (χ0) is 14.8. The van der Waals surface area contributed by atoms with Crippen LogP contribution in [-0.2, 0) is 13.0 Å². The average molecular weight is 345 g/mol. The number of para-hydroxylation sites is 1. The number of anilines is 1. The molecule has 1 atom stereocenters. The number of carbonyl (C=O) groups is 1. The highest BCUT2D eigenvalue weighted by Gasteiger charge is 2.30. The van der Waals surface area contributed by atoms with E-state index in [1.165, 1.54) is 5.56 Å². The summed E-state index contributed by atoms with van der Waals surface area (Å²) in [4.78, 5) is 14.3. The Morgan fingerprint density at radius 3 is 2.90 bits per heavy atom. The molecular formula is C17H17BrN2O. The first-order valence-corrected chi connectivity index (χ1v) is 7.84. The van der Waals surface area contributed by atoms with E-state index >= 15 is 0 Å². The molecule has 0 fully saturated rings. The third kappa shape index (κ3) is 2.95. The van der Waals surface area contributed by atoms with Crippen LogP contribution in [0, 0.1) is 0 Å². The molecule has 1 heterocycles. The van der Waals surface area contributed by atoms with Gasteiger partial charge in [-0.1, -0.05) is 46.3 Å². The van der Waals surface area contributed by atoms with Gasteiger partial charge in [-0.3, -0.25) is 4.90 Å². The molecule has 0 saturated carbocycles. The van der Waals surface area contributed by atoms with Crippen LogP contribution in [0.1, 0.15) is 18.1 Å². The summed E-state index contributed by atoms with van der Waals surface area (Å²) in [5.41, 5.74) is 3.34. The van der Waals surface area contributed by atoms with Crippen molar-refractivity contribution >= 4 is 27.6 Å². The summed E-state index contributed by atoms with van der Waals surface area (Å²) < 4.78 is 1.02. The van der Waals surface area contributed by atoms with Crippen molar-refractivity contribution in [2.45, 2.75) is 25.9 Å². The number of hydrogen-bond donors (Lipinski definition) is 1. The SMILES string of the molecule is CC1Cc2ccccc2N1C(=O)NCc1cccc(Br)c1.